The predicted molar refractivity (Wildman–Crippen MR) is 44.1 cm³/mol. The average molecular weight is 203 g/mol. The Hall–Kier alpha value is -0.880. The maximum atomic E-state index is 11.6. The molecule has 0 radical (unpaired) electrons. The maximum Gasteiger partial charge on any atom is 0.230 e. The normalized spacial score (nSPS) is 35.5. The lowest BCUT2D eigenvalue weighted by atomic mass is 10.2. The molecule has 0 saturated carbocycles. The van der Waals surface area contributed by atoms with Crippen molar-refractivity contribution >= 4 is 15.7 Å². The standard InChI is InChI=1S/C7H9NO4S/c1-12-7-2-3-8-5(9)4-6(8)13(7,10)11/h2-3,6-7H,4H2,1H3/t6-,7?/m1/s1. The highest BCUT2D eigenvalue weighted by Crippen LogP contribution is 2.31. The van der Waals surface area contributed by atoms with E-state index in [9.17, 15) is 13.2 Å². The third-order valence-corrected chi connectivity index (χ3v) is 4.44. The van der Waals surface area contributed by atoms with Crippen LogP contribution in [0.25, 0.3) is 0 Å². The van der Waals surface area contributed by atoms with Crippen LogP contribution in [-0.4, -0.2) is 37.1 Å². The van der Waals surface area contributed by atoms with Crippen molar-refractivity contribution in [3.63, 3.8) is 0 Å². The number of amides is 1. The Morgan fingerprint density at radius 1 is 1.62 bits per heavy atom. The number of carbonyl (C=O) groups is 1. The highest BCUT2D eigenvalue weighted by molar-refractivity contribution is 7.92. The molecular weight excluding hydrogens is 194 g/mol. The highest BCUT2D eigenvalue weighted by atomic mass is 32.2. The second-order valence-corrected chi connectivity index (χ2v) is 5.18. The van der Waals surface area contributed by atoms with Gasteiger partial charge in [0.25, 0.3) is 0 Å². The first-order valence-corrected chi connectivity index (χ1v) is 5.43. The van der Waals surface area contributed by atoms with Crippen molar-refractivity contribution < 1.29 is 17.9 Å². The first-order chi connectivity index (χ1) is 6.07. The van der Waals surface area contributed by atoms with Gasteiger partial charge >= 0.3 is 0 Å². The van der Waals surface area contributed by atoms with Crippen molar-refractivity contribution in [1.82, 2.24) is 4.90 Å². The fourth-order valence-electron chi connectivity index (χ4n) is 1.49. The number of carbonyl (C=O) groups excluding carboxylic acids is 1. The molecule has 0 aromatic heterocycles. The van der Waals surface area contributed by atoms with E-state index in [-0.39, 0.29) is 12.3 Å². The molecule has 0 N–H and O–H groups in total. The summed E-state index contributed by atoms with van der Waals surface area (Å²) in [5, 5.41) is -0.699. The van der Waals surface area contributed by atoms with Gasteiger partial charge in [0.05, 0.1) is 6.42 Å². The van der Waals surface area contributed by atoms with Gasteiger partial charge in [0.2, 0.25) is 15.7 Å². The topological polar surface area (TPSA) is 63.7 Å². The van der Waals surface area contributed by atoms with Crippen LogP contribution in [0.1, 0.15) is 6.42 Å². The first kappa shape index (κ1) is 8.71. The molecule has 0 spiro atoms. The molecule has 2 rings (SSSR count). The van der Waals surface area contributed by atoms with Crippen LogP contribution in [0.3, 0.4) is 0 Å². The van der Waals surface area contributed by atoms with Gasteiger partial charge in [-0.15, -0.1) is 0 Å². The zero-order chi connectivity index (χ0) is 9.64. The number of hydrogen-bond acceptors (Lipinski definition) is 4. The molecule has 13 heavy (non-hydrogen) atoms. The summed E-state index contributed by atoms with van der Waals surface area (Å²) in [4.78, 5) is 12.1. The number of fused-ring (bicyclic) bond motifs is 1. The van der Waals surface area contributed by atoms with Gasteiger partial charge in [-0.05, 0) is 6.08 Å². The molecule has 1 saturated heterocycles. The van der Waals surface area contributed by atoms with Crippen LogP contribution < -0.4 is 0 Å². The second kappa shape index (κ2) is 2.55. The fourth-order valence-corrected chi connectivity index (χ4v) is 3.24. The number of hydrogen-bond donors (Lipinski definition) is 0. The van der Waals surface area contributed by atoms with Gasteiger partial charge in [-0.3, -0.25) is 4.79 Å². The first-order valence-electron chi connectivity index (χ1n) is 3.82. The molecule has 0 bridgehead atoms. The molecule has 0 aromatic rings. The van der Waals surface area contributed by atoms with Crippen LogP contribution in [-0.2, 0) is 19.4 Å². The summed E-state index contributed by atoms with van der Waals surface area (Å²) in [6, 6.07) is 0. The van der Waals surface area contributed by atoms with Crippen LogP contribution in [0, 0.1) is 0 Å². The van der Waals surface area contributed by atoms with Gasteiger partial charge in [-0.1, -0.05) is 0 Å². The Bertz CT molecular complexity index is 372. The van der Waals surface area contributed by atoms with E-state index in [1.54, 1.807) is 0 Å². The largest absolute Gasteiger partial charge is 0.361 e. The number of nitrogens with zero attached hydrogens (tertiary/aromatic N) is 1. The monoisotopic (exact) mass is 203 g/mol. The van der Waals surface area contributed by atoms with E-state index in [0.29, 0.717) is 0 Å². The van der Waals surface area contributed by atoms with E-state index in [2.05, 4.69) is 0 Å². The summed E-state index contributed by atoms with van der Waals surface area (Å²) < 4.78 is 27.9. The Kier molecular flexibility index (Phi) is 1.71. The second-order valence-electron chi connectivity index (χ2n) is 2.99. The van der Waals surface area contributed by atoms with Crippen LogP contribution in [0.4, 0.5) is 0 Å². The van der Waals surface area contributed by atoms with Crippen LogP contribution in [0.5, 0.6) is 0 Å². The molecule has 0 aromatic carbocycles. The molecule has 2 atom stereocenters. The van der Waals surface area contributed by atoms with Crippen molar-refractivity contribution in [2.24, 2.45) is 0 Å². The lowest BCUT2D eigenvalue weighted by molar-refractivity contribution is -0.138. The molecule has 1 fully saturated rings. The van der Waals surface area contributed by atoms with Crippen molar-refractivity contribution in [2.75, 3.05) is 7.11 Å². The Morgan fingerprint density at radius 3 is 2.85 bits per heavy atom. The Morgan fingerprint density at radius 2 is 2.31 bits per heavy atom. The summed E-state index contributed by atoms with van der Waals surface area (Å²) in [6.45, 7) is 0. The zero-order valence-corrected chi connectivity index (χ0v) is 7.82. The van der Waals surface area contributed by atoms with E-state index in [1.807, 2.05) is 0 Å². The molecule has 2 heterocycles. The summed E-state index contributed by atoms with van der Waals surface area (Å²) in [5.41, 5.74) is -0.901. The van der Waals surface area contributed by atoms with Gasteiger partial charge < -0.3 is 9.64 Å². The average Bonchev–Trinajstić information content (AvgIpc) is 2.06. The van der Waals surface area contributed by atoms with Crippen molar-refractivity contribution in [2.45, 2.75) is 17.2 Å². The summed E-state index contributed by atoms with van der Waals surface area (Å²) in [7, 11) is -2.02. The molecule has 5 nitrogen and oxygen atoms in total. The lowest BCUT2D eigenvalue weighted by Crippen LogP contribution is -2.58. The molecule has 2 aliphatic rings. The van der Waals surface area contributed by atoms with E-state index < -0.39 is 20.6 Å². The molecule has 72 valence electrons. The number of methoxy groups -OCH3 is 1. The van der Waals surface area contributed by atoms with E-state index in [0.717, 1.165) is 0 Å². The van der Waals surface area contributed by atoms with Gasteiger partial charge in [-0.2, -0.15) is 0 Å². The van der Waals surface area contributed by atoms with Crippen molar-refractivity contribution in [1.29, 1.82) is 0 Å². The van der Waals surface area contributed by atoms with Gasteiger partial charge in [0.15, 0.2) is 5.44 Å². The van der Waals surface area contributed by atoms with E-state index >= 15 is 0 Å². The molecular formula is C7H9NO4S. The van der Waals surface area contributed by atoms with Gasteiger partial charge in [0, 0.05) is 13.3 Å². The zero-order valence-electron chi connectivity index (χ0n) is 7.00. The third kappa shape index (κ3) is 1.02. The Labute approximate surface area is 75.9 Å². The van der Waals surface area contributed by atoms with Crippen LogP contribution in [0.15, 0.2) is 12.3 Å². The summed E-state index contributed by atoms with van der Waals surface area (Å²) >= 11 is 0. The van der Waals surface area contributed by atoms with Crippen molar-refractivity contribution in [3.8, 4) is 0 Å². The van der Waals surface area contributed by atoms with Crippen molar-refractivity contribution in [3.05, 3.63) is 12.3 Å². The number of β-lactam (4-membered cyclic amide) rings is 1. The number of rotatable bonds is 1. The maximum absolute atomic E-state index is 11.6. The summed E-state index contributed by atoms with van der Waals surface area (Å²) in [5.74, 6) is -0.153. The molecule has 1 amide bonds. The lowest BCUT2D eigenvalue weighted by Gasteiger charge is -2.41. The fraction of sp³-hybridized carbons (Fsp3) is 0.571. The molecule has 6 heteroatoms. The minimum absolute atomic E-state index is 0.0759. The van der Waals surface area contributed by atoms with Crippen LogP contribution in [0.2, 0.25) is 0 Å². The third-order valence-electron chi connectivity index (χ3n) is 2.29. The summed E-state index contributed by atoms with van der Waals surface area (Å²) in [6.07, 6.45) is 2.93. The minimum atomic E-state index is -3.35. The smallest absolute Gasteiger partial charge is 0.230 e. The van der Waals surface area contributed by atoms with Gasteiger partial charge in [-0.25, -0.2) is 8.42 Å². The minimum Gasteiger partial charge on any atom is -0.361 e. The van der Waals surface area contributed by atoms with Gasteiger partial charge in [0.1, 0.15) is 5.37 Å². The quantitative estimate of drug-likeness (QED) is 0.537. The van der Waals surface area contributed by atoms with Crippen LogP contribution >= 0.6 is 0 Å². The SMILES string of the molecule is COC1C=CN2C(=O)C[C@H]2S1(=O)=O. The number of sulfone groups is 1. The Balaban J connectivity index is 2.38. The molecule has 0 aliphatic carbocycles. The number of ether oxygens (including phenoxy) is 1. The van der Waals surface area contributed by atoms with E-state index in [1.165, 1.54) is 24.3 Å². The molecule has 2 aliphatic heterocycles. The van der Waals surface area contributed by atoms with E-state index in [4.69, 9.17) is 4.74 Å². The molecule has 1 unspecified atom stereocenters. The predicted octanol–water partition coefficient (Wildman–Crippen LogP) is -0.541. The highest BCUT2D eigenvalue weighted by Gasteiger charge is 2.49.